The number of nitrogens with one attached hydrogen (secondary N) is 3. The summed E-state index contributed by atoms with van der Waals surface area (Å²) in [5.74, 6) is 0.628. The van der Waals surface area contributed by atoms with Gasteiger partial charge in [0.05, 0.1) is 23.3 Å². The number of carbonyl (C=O) groups is 2. The molecule has 30 heavy (non-hydrogen) atoms. The van der Waals surface area contributed by atoms with Gasteiger partial charge in [-0.3, -0.25) is 14.9 Å². The smallest absolute Gasteiger partial charge is 0.254 e. The third kappa shape index (κ3) is 3.55. The minimum absolute atomic E-state index is 0.0440. The van der Waals surface area contributed by atoms with Crippen LogP contribution in [0.3, 0.4) is 0 Å². The summed E-state index contributed by atoms with van der Waals surface area (Å²) in [6, 6.07) is 7.45. The number of rotatable bonds is 5. The molecule has 0 bridgehead atoms. The fraction of sp³-hybridized carbons (Fsp3) is 0.200. The highest BCUT2D eigenvalue weighted by Crippen LogP contribution is 2.31. The Balaban J connectivity index is 1.58. The minimum Gasteiger partial charge on any atom is -0.399 e. The summed E-state index contributed by atoms with van der Waals surface area (Å²) in [7, 11) is 0. The average molecular weight is 424 g/mol. The molecule has 0 unspecified atom stereocenters. The monoisotopic (exact) mass is 423 g/mol. The van der Waals surface area contributed by atoms with E-state index in [-0.39, 0.29) is 12.3 Å². The second kappa shape index (κ2) is 7.03. The summed E-state index contributed by atoms with van der Waals surface area (Å²) in [6.07, 6.45) is 5.51. The van der Waals surface area contributed by atoms with Gasteiger partial charge in [0.1, 0.15) is 11.6 Å². The van der Waals surface area contributed by atoms with Gasteiger partial charge in [-0.05, 0) is 37.1 Å². The number of hydrogen-bond donors (Lipinski definition) is 4. The number of amides is 2. The molecule has 3 heterocycles. The van der Waals surface area contributed by atoms with E-state index in [9.17, 15) is 9.59 Å². The highest BCUT2D eigenvalue weighted by atomic mass is 35.5. The summed E-state index contributed by atoms with van der Waals surface area (Å²) in [4.78, 5) is 28.1. The molecule has 5 rings (SSSR count). The largest absolute Gasteiger partial charge is 0.399 e. The fourth-order valence-electron chi connectivity index (χ4n) is 3.26. The van der Waals surface area contributed by atoms with E-state index in [1.807, 2.05) is 6.07 Å². The number of imide groups is 1. The van der Waals surface area contributed by atoms with Crippen molar-refractivity contribution in [1.82, 2.24) is 19.9 Å². The van der Waals surface area contributed by atoms with Gasteiger partial charge in [-0.15, -0.1) is 0 Å². The van der Waals surface area contributed by atoms with Gasteiger partial charge >= 0.3 is 0 Å². The van der Waals surface area contributed by atoms with Gasteiger partial charge in [0.2, 0.25) is 5.91 Å². The molecule has 10 heteroatoms. The Kier molecular flexibility index (Phi) is 4.32. The lowest BCUT2D eigenvalue weighted by Crippen LogP contribution is -2.19. The zero-order valence-electron chi connectivity index (χ0n) is 15.8. The summed E-state index contributed by atoms with van der Waals surface area (Å²) in [5.41, 5.74) is 8.58. The molecule has 2 aromatic heterocycles. The lowest BCUT2D eigenvalue weighted by Gasteiger charge is -2.12. The summed E-state index contributed by atoms with van der Waals surface area (Å²) in [6.45, 7) is 0. The van der Waals surface area contributed by atoms with Crippen molar-refractivity contribution < 1.29 is 9.59 Å². The van der Waals surface area contributed by atoms with Crippen LogP contribution in [0, 0.1) is 0 Å². The van der Waals surface area contributed by atoms with Gasteiger partial charge in [0, 0.05) is 28.9 Å². The number of carbonyl (C=O) groups excluding carboxylic acids is 2. The molecule has 1 saturated carbocycles. The van der Waals surface area contributed by atoms with Crippen molar-refractivity contribution in [3.63, 3.8) is 0 Å². The van der Waals surface area contributed by atoms with E-state index in [1.54, 1.807) is 35.0 Å². The number of halogens is 1. The van der Waals surface area contributed by atoms with Gasteiger partial charge in [0.15, 0.2) is 5.65 Å². The number of nitrogens with two attached hydrogens (primary N) is 1. The number of anilines is 4. The number of fused-ring (bicyclic) bond motifs is 1. The lowest BCUT2D eigenvalue weighted by atomic mass is 10.1. The Labute approximate surface area is 176 Å². The fourth-order valence-corrected chi connectivity index (χ4v) is 3.50. The van der Waals surface area contributed by atoms with E-state index < -0.39 is 5.91 Å². The molecule has 5 N–H and O–H groups in total. The minimum atomic E-state index is -0.390. The zero-order valence-corrected chi connectivity index (χ0v) is 16.5. The normalized spacial score (nSPS) is 17.6. The Morgan fingerprint density at radius 2 is 2.10 bits per heavy atom. The maximum absolute atomic E-state index is 11.9. The highest BCUT2D eigenvalue weighted by molar-refractivity contribution is 6.33. The maximum Gasteiger partial charge on any atom is 0.254 e. The second-order valence-electron chi connectivity index (χ2n) is 7.37. The maximum atomic E-state index is 11.9. The topological polar surface area (TPSA) is 126 Å². The molecule has 3 aromatic rings. The van der Waals surface area contributed by atoms with Crippen LogP contribution in [0.2, 0.25) is 5.02 Å². The Morgan fingerprint density at radius 1 is 1.27 bits per heavy atom. The van der Waals surface area contributed by atoms with Gasteiger partial charge in [0.25, 0.3) is 5.91 Å². The van der Waals surface area contributed by atoms with E-state index in [1.165, 1.54) is 0 Å². The number of nitrogens with zero attached hydrogens (tertiary/aromatic N) is 3. The SMILES string of the molecule is Nc1ccc(Nc2cc(NC3CC3)n3ncc(/C=C4\CC(=O)NC4=O)c3n2)c(Cl)c1. The van der Waals surface area contributed by atoms with Crippen molar-refractivity contribution in [2.75, 3.05) is 16.4 Å². The molecule has 1 aliphatic heterocycles. The van der Waals surface area contributed by atoms with Crippen molar-refractivity contribution in [2.24, 2.45) is 0 Å². The summed E-state index contributed by atoms with van der Waals surface area (Å²) in [5, 5.41) is 13.8. The number of hydrogen-bond acceptors (Lipinski definition) is 7. The van der Waals surface area contributed by atoms with E-state index in [0.717, 1.165) is 18.7 Å². The molecule has 1 aliphatic carbocycles. The molecule has 2 fully saturated rings. The Bertz CT molecular complexity index is 1230. The van der Waals surface area contributed by atoms with Crippen molar-refractivity contribution in [3.05, 3.63) is 46.6 Å². The highest BCUT2D eigenvalue weighted by Gasteiger charge is 2.25. The van der Waals surface area contributed by atoms with Crippen LogP contribution in [0.5, 0.6) is 0 Å². The third-order valence-corrected chi connectivity index (χ3v) is 5.22. The first-order chi connectivity index (χ1) is 14.5. The number of nitrogen functional groups attached to an aromatic ring is 1. The molecule has 1 aromatic carbocycles. The average Bonchev–Trinajstić information content (AvgIpc) is 3.33. The molecular weight excluding hydrogens is 406 g/mol. The predicted molar refractivity (Wildman–Crippen MR) is 115 cm³/mol. The molecular formula is C20H18ClN7O2. The standard InChI is InChI=1S/C20H18ClN7O2/c21-14-7-12(22)1-4-15(14)25-16-8-17(24-13-2-3-13)28-19(26-16)11(9-23-28)5-10-6-18(29)27-20(10)30/h1,4-5,7-9,13,24H,2-3,6,22H2,(H,25,26)(H,27,29,30)/b10-5+. The van der Waals surface area contributed by atoms with Crippen molar-refractivity contribution >= 4 is 58.1 Å². The summed E-state index contributed by atoms with van der Waals surface area (Å²) >= 11 is 6.30. The molecule has 2 aliphatic rings. The van der Waals surface area contributed by atoms with Crippen molar-refractivity contribution in [2.45, 2.75) is 25.3 Å². The quantitative estimate of drug-likeness (QED) is 0.282. The molecule has 152 valence electrons. The van der Waals surface area contributed by atoms with Crippen LogP contribution in [-0.2, 0) is 9.59 Å². The van der Waals surface area contributed by atoms with E-state index in [2.05, 4.69) is 26.0 Å². The Hall–Kier alpha value is -3.59. The van der Waals surface area contributed by atoms with Crippen LogP contribution in [-0.4, -0.2) is 32.5 Å². The van der Waals surface area contributed by atoms with Gasteiger partial charge in [-0.1, -0.05) is 11.6 Å². The second-order valence-corrected chi connectivity index (χ2v) is 7.78. The van der Waals surface area contributed by atoms with E-state index >= 15 is 0 Å². The molecule has 2 amide bonds. The van der Waals surface area contributed by atoms with Crippen LogP contribution >= 0.6 is 11.6 Å². The lowest BCUT2D eigenvalue weighted by molar-refractivity contribution is -0.124. The van der Waals surface area contributed by atoms with Crippen LogP contribution in [0.25, 0.3) is 11.7 Å². The van der Waals surface area contributed by atoms with Gasteiger partial charge in [-0.2, -0.15) is 9.61 Å². The van der Waals surface area contributed by atoms with Crippen LogP contribution < -0.4 is 21.7 Å². The van der Waals surface area contributed by atoms with E-state index in [4.69, 9.17) is 17.3 Å². The molecule has 0 spiro atoms. The first kappa shape index (κ1) is 18.4. The van der Waals surface area contributed by atoms with Crippen LogP contribution in [0.4, 0.5) is 23.0 Å². The Morgan fingerprint density at radius 3 is 2.80 bits per heavy atom. The predicted octanol–water partition coefficient (Wildman–Crippen LogP) is 2.71. The first-order valence-electron chi connectivity index (χ1n) is 9.48. The number of aromatic nitrogens is 3. The van der Waals surface area contributed by atoms with Crippen molar-refractivity contribution in [1.29, 1.82) is 0 Å². The first-order valence-corrected chi connectivity index (χ1v) is 9.86. The molecule has 0 radical (unpaired) electrons. The molecule has 1 saturated heterocycles. The van der Waals surface area contributed by atoms with Gasteiger partial charge < -0.3 is 16.4 Å². The summed E-state index contributed by atoms with van der Waals surface area (Å²) < 4.78 is 1.69. The van der Waals surface area contributed by atoms with Gasteiger partial charge in [-0.25, -0.2) is 4.98 Å². The zero-order chi connectivity index (χ0) is 20.8. The van der Waals surface area contributed by atoms with Crippen LogP contribution in [0.1, 0.15) is 24.8 Å². The number of benzene rings is 1. The van der Waals surface area contributed by atoms with Crippen molar-refractivity contribution in [3.8, 4) is 0 Å². The molecule has 0 atom stereocenters. The van der Waals surface area contributed by atoms with Crippen LogP contribution in [0.15, 0.2) is 36.0 Å². The van der Waals surface area contributed by atoms with E-state index in [0.29, 0.717) is 45.0 Å². The third-order valence-electron chi connectivity index (χ3n) is 4.91. The molecule has 9 nitrogen and oxygen atoms in total.